The Balaban J connectivity index is 1.60. The van der Waals surface area contributed by atoms with Crippen LogP contribution >= 0.6 is 11.8 Å². The van der Waals surface area contributed by atoms with Crippen molar-refractivity contribution in [1.29, 1.82) is 0 Å². The minimum absolute atomic E-state index is 0.0621. The zero-order chi connectivity index (χ0) is 27.1. The minimum atomic E-state index is -0.301. The second kappa shape index (κ2) is 12.2. The number of amides is 1. The van der Waals surface area contributed by atoms with Gasteiger partial charge in [0.25, 0.3) is 5.91 Å². The predicted molar refractivity (Wildman–Crippen MR) is 146 cm³/mol. The van der Waals surface area contributed by atoms with Gasteiger partial charge in [-0.2, -0.15) is 5.10 Å². The van der Waals surface area contributed by atoms with E-state index in [1.54, 1.807) is 64.7 Å². The number of aromatic hydroxyl groups is 1. The standard InChI is InChI=1S/C27H27N5O5S/c1-17(18-10-12-21(33)13-11-18)28-29-24(34)16-38-27-31-30-26(32(27)20-8-6-5-7-9-20)19-14-22(35-2)25(37-4)23(15-19)36-3/h5-15,33H,16H2,1-4H3,(H,29,34). The molecule has 10 nitrogen and oxygen atoms in total. The van der Waals surface area contributed by atoms with Gasteiger partial charge in [0.2, 0.25) is 5.75 Å². The molecule has 0 aliphatic heterocycles. The highest BCUT2D eigenvalue weighted by molar-refractivity contribution is 7.99. The molecular formula is C27H27N5O5S. The first-order chi connectivity index (χ1) is 18.4. The van der Waals surface area contributed by atoms with Crippen molar-refractivity contribution < 1.29 is 24.1 Å². The number of phenols is 1. The number of nitrogens with zero attached hydrogens (tertiary/aromatic N) is 4. The number of benzene rings is 3. The summed E-state index contributed by atoms with van der Waals surface area (Å²) in [6.07, 6.45) is 0. The Labute approximate surface area is 224 Å². The molecule has 1 heterocycles. The lowest BCUT2D eigenvalue weighted by atomic mass is 10.1. The first kappa shape index (κ1) is 26.6. The van der Waals surface area contributed by atoms with Crippen LogP contribution in [0.5, 0.6) is 23.0 Å². The average molecular weight is 534 g/mol. The van der Waals surface area contributed by atoms with Gasteiger partial charge in [0.05, 0.1) is 32.8 Å². The normalized spacial score (nSPS) is 11.2. The third-order valence-electron chi connectivity index (χ3n) is 5.54. The number of hydrazone groups is 1. The maximum atomic E-state index is 12.6. The number of nitrogens with one attached hydrogen (secondary N) is 1. The van der Waals surface area contributed by atoms with Gasteiger partial charge in [0, 0.05) is 11.3 Å². The highest BCUT2D eigenvalue weighted by atomic mass is 32.2. The van der Waals surface area contributed by atoms with E-state index in [2.05, 4.69) is 20.7 Å². The first-order valence-corrected chi connectivity index (χ1v) is 12.5. The lowest BCUT2D eigenvalue weighted by Crippen LogP contribution is -2.21. The highest BCUT2D eigenvalue weighted by Gasteiger charge is 2.21. The van der Waals surface area contributed by atoms with Crippen LogP contribution in [0, 0.1) is 0 Å². The molecule has 196 valence electrons. The maximum absolute atomic E-state index is 12.6. The molecule has 2 N–H and O–H groups in total. The Morgan fingerprint density at radius 3 is 2.24 bits per heavy atom. The summed E-state index contributed by atoms with van der Waals surface area (Å²) in [6, 6.07) is 19.8. The van der Waals surface area contributed by atoms with Crippen LogP contribution in [0.1, 0.15) is 12.5 Å². The SMILES string of the molecule is COc1cc(-c2nnc(SCC(=O)NN=C(C)c3ccc(O)cc3)n2-c2ccccc2)cc(OC)c1OC. The summed E-state index contributed by atoms with van der Waals surface area (Å²) in [7, 11) is 4.64. The van der Waals surface area contributed by atoms with Crippen molar-refractivity contribution in [3.8, 4) is 40.1 Å². The Hall–Kier alpha value is -4.51. The summed E-state index contributed by atoms with van der Waals surface area (Å²) in [4.78, 5) is 12.6. The lowest BCUT2D eigenvalue weighted by Gasteiger charge is -2.15. The topological polar surface area (TPSA) is 120 Å². The Bertz CT molecular complexity index is 1410. The van der Waals surface area contributed by atoms with E-state index in [1.165, 1.54) is 11.8 Å². The van der Waals surface area contributed by atoms with E-state index in [0.29, 0.717) is 39.5 Å². The predicted octanol–water partition coefficient (Wildman–Crippen LogP) is 4.30. The van der Waals surface area contributed by atoms with Crippen molar-refractivity contribution in [3.05, 3.63) is 72.3 Å². The van der Waals surface area contributed by atoms with E-state index in [4.69, 9.17) is 14.2 Å². The molecule has 4 rings (SSSR count). The van der Waals surface area contributed by atoms with Crippen LogP contribution in [-0.2, 0) is 4.79 Å². The van der Waals surface area contributed by atoms with E-state index in [1.807, 2.05) is 34.9 Å². The van der Waals surface area contributed by atoms with E-state index >= 15 is 0 Å². The van der Waals surface area contributed by atoms with Gasteiger partial charge in [-0.25, -0.2) is 5.43 Å². The van der Waals surface area contributed by atoms with Crippen LogP contribution in [0.15, 0.2) is 77.0 Å². The van der Waals surface area contributed by atoms with Crippen molar-refractivity contribution in [2.24, 2.45) is 5.10 Å². The van der Waals surface area contributed by atoms with Crippen LogP contribution in [0.4, 0.5) is 0 Å². The molecule has 0 aliphatic rings. The van der Waals surface area contributed by atoms with Gasteiger partial charge in [0.1, 0.15) is 5.75 Å². The minimum Gasteiger partial charge on any atom is -0.508 e. The molecule has 0 aliphatic carbocycles. The molecule has 0 unspecified atom stereocenters. The monoisotopic (exact) mass is 533 g/mol. The first-order valence-electron chi connectivity index (χ1n) is 11.5. The smallest absolute Gasteiger partial charge is 0.250 e. The molecule has 0 radical (unpaired) electrons. The van der Waals surface area contributed by atoms with Crippen LogP contribution < -0.4 is 19.6 Å². The maximum Gasteiger partial charge on any atom is 0.250 e. The summed E-state index contributed by atoms with van der Waals surface area (Å²) in [5, 5.41) is 22.9. The quantitative estimate of drug-likeness (QED) is 0.176. The third kappa shape index (κ3) is 5.89. The van der Waals surface area contributed by atoms with Crippen molar-refractivity contribution >= 4 is 23.4 Å². The third-order valence-corrected chi connectivity index (χ3v) is 6.47. The number of carbonyl (C=O) groups is 1. The van der Waals surface area contributed by atoms with Gasteiger partial charge < -0.3 is 19.3 Å². The largest absolute Gasteiger partial charge is 0.508 e. The van der Waals surface area contributed by atoms with Gasteiger partial charge in [-0.15, -0.1) is 10.2 Å². The molecule has 11 heteroatoms. The van der Waals surface area contributed by atoms with Crippen LogP contribution in [0.2, 0.25) is 0 Å². The fraction of sp³-hybridized carbons (Fsp3) is 0.185. The molecule has 0 spiro atoms. The number of carbonyl (C=O) groups excluding carboxylic acids is 1. The second-order valence-corrected chi connectivity index (χ2v) is 8.90. The number of methoxy groups -OCH3 is 3. The average Bonchev–Trinajstić information content (AvgIpc) is 3.38. The van der Waals surface area contributed by atoms with Crippen molar-refractivity contribution in [2.75, 3.05) is 27.1 Å². The number of hydrogen-bond acceptors (Lipinski definition) is 9. The lowest BCUT2D eigenvalue weighted by molar-refractivity contribution is -0.118. The summed E-state index contributed by atoms with van der Waals surface area (Å²) in [6.45, 7) is 1.77. The molecule has 0 saturated heterocycles. The molecule has 38 heavy (non-hydrogen) atoms. The summed E-state index contributed by atoms with van der Waals surface area (Å²) in [5.74, 6) is 1.91. The van der Waals surface area contributed by atoms with E-state index in [-0.39, 0.29) is 17.4 Å². The molecule has 0 atom stereocenters. The van der Waals surface area contributed by atoms with Crippen molar-refractivity contribution in [1.82, 2.24) is 20.2 Å². The highest BCUT2D eigenvalue weighted by Crippen LogP contribution is 2.41. The molecule has 0 saturated carbocycles. The molecular weight excluding hydrogens is 506 g/mol. The zero-order valence-electron chi connectivity index (χ0n) is 21.3. The summed E-state index contributed by atoms with van der Waals surface area (Å²) >= 11 is 1.23. The number of para-hydroxylation sites is 1. The molecule has 3 aromatic carbocycles. The van der Waals surface area contributed by atoms with Crippen molar-refractivity contribution in [3.63, 3.8) is 0 Å². The van der Waals surface area contributed by atoms with Crippen molar-refractivity contribution in [2.45, 2.75) is 12.1 Å². The molecule has 1 amide bonds. The molecule has 4 aromatic rings. The van der Waals surface area contributed by atoms with Gasteiger partial charge in [-0.1, -0.05) is 30.0 Å². The van der Waals surface area contributed by atoms with Crippen LogP contribution in [0.3, 0.4) is 0 Å². The number of thioether (sulfide) groups is 1. The Morgan fingerprint density at radius 2 is 1.63 bits per heavy atom. The van der Waals surface area contributed by atoms with E-state index in [0.717, 1.165) is 11.3 Å². The molecule has 1 aromatic heterocycles. The Kier molecular flexibility index (Phi) is 8.49. The number of ether oxygens (including phenoxy) is 3. The van der Waals surface area contributed by atoms with E-state index in [9.17, 15) is 9.90 Å². The summed E-state index contributed by atoms with van der Waals surface area (Å²) in [5.41, 5.74) is 5.49. The van der Waals surface area contributed by atoms with Gasteiger partial charge in [0.15, 0.2) is 22.5 Å². The second-order valence-electron chi connectivity index (χ2n) is 7.96. The molecule has 0 bridgehead atoms. The molecule has 0 fully saturated rings. The number of aromatic nitrogens is 3. The van der Waals surface area contributed by atoms with Gasteiger partial charge in [-0.3, -0.25) is 9.36 Å². The van der Waals surface area contributed by atoms with E-state index < -0.39 is 0 Å². The van der Waals surface area contributed by atoms with Gasteiger partial charge >= 0.3 is 0 Å². The van der Waals surface area contributed by atoms with Crippen LogP contribution in [0.25, 0.3) is 17.1 Å². The number of hydrogen-bond donors (Lipinski definition) is 2. The summed E-state index contributed by atoms with van der Waals surface area (Å²) < 4.78 is 18.3. The van der Waals surface area contributed by atoms with Gasteiger partial charge in [-0.05, 0) is 61.0 Å². The number of rotatable bonds is 10. The fourth-order valence-electron chi connectivity index (χ4n) is 3.65. The number of phenolic OH excluding ortho intramolecular Hbond substituents is 1. The fourth-order valence-corrected chi connectivity index (χ4v) is 4.39. The van der Waals surface area contributed by atoms with Crippen LogP contribution in [-0.4, -0.2) is 58.6 Å². The Morgan fingerprint density at radius 1 is 0.974 bits per heavy atom. The zero-order valence-corrected chi connectivity index (χ0v) is 22.2.